The first-order valence-corrected chi connectivity index (χ1v) is 4.39. The van der Waals surface area contributed by atoms with Gasteiger partial charge in [0.05, 0.1) is 5.02 Å². The molecule has 0 atom stereocenters. The van der Waals surface area contributed by atoms with Gasteiger partial charge in [0.2, 0.25) is 0 Å². The van der Waals surface area contributed by atoms with Gasteiger partial charge in [0.15, 0.2) is 0 Å². The first kappa shape index (κ1) is 11.7. The Labute approximate surface area is 90.0 Å². The minimum Gasteiger partial charge on any atom is -0.433 e. The molecule has 0 fully saturated rings. The Morgan fingerprint density at radius 1 is 1.53 bits per heavy atom. The highest BCUT2D eigenvalue weighted by Crippen LogP contribution is 2.26. The maximum Gasteiger partial charge on any atom is 0.387 e. The number of amides is 1. The van der Waals surface area contributed by atoms with E-state index in [-0.39, 0.29) is 22.2 Å². The van der Waals surface area contributed by atoms with Crippen LogP contribution in [0.5, 0.6) is 5.75 Å². The number of hydrogen-bond acceptors (Lipinski definition) is 2. The summed E-state index contributed by atoms with van der Waals surface area (Å²) in [6, 6.07) is 3.83. The number of hydrogen-bond donors (Lipinski definition) is 1. The average Bonchev–Trinajstić information content (AvgIpc) is 2.19. The maximum absolute atomic E-state index is 11.9. The van der Waals surface area contributed by atoms with Crippen LogP contribution in [-0.4, -0.2) is 19.6 Å². The van der Waals surface area contributed by atoms with Crippen LogP contribution < -0.4 is 10.1 Å². The summed E-state index contributed by atoms with van der Waals surface area (Å²) in [6.45, 7) is -2.94. The summed E-state index contributed by atoms with van der Waals surface area (Å²) in [4.78, 5) is 11.1. The highest BCUT2D eigenvalue weighted by atomic mass is 35.5. The molecular weight excluding hydrogens is 228 g/mol. The molecule has 0 aliphatic heterocycles. The Morgan fingerprint density at radius 2 is 2.20 bits per heavy atom. The quantitative estimate of drug-likeness (QED) is 0.873. The van der Waals surface area contributed by atoms with E-state index in [2.05, 4.69) is 10.1 Å². The number of rotatable bonds is 3. The summed E-state index contributed by atoms with van der Waals surface area (Å²) in [5.41, 5.74) is 0.282. The third kappa shape index (κ3) is 3.06. The molecule has 15 heavy (non-hydrogen) atoms. The molecule has 0 aliphatic carbocycles. The van der Waals surface area contributed by atoms with Gasteiger partial charge in [-0.05, 0) is 18.2 Å². The van der Waals surface area contributed by atoms with Gasteiger partial charge in [-0.25, -0.2) is 0 Å². The second-order valence-corrected chi connectivity index (χ2v) is 3.01. The SMILES string of the molecule is CNC(=O)c1ccc(OC(F)F)c(Cl)c1. The number of carbonyl (C=O) groups is 1. The van der Waals surface area contributed by atoms with E-state index in [9.17, 15) is 13.6 Å². The molecule has 1 rings (SSSR count). The summed E-state index contributed by atoms with van der Waals surface area (Å²) < 4.78 is 27.8. The molecule has 0 saturated heterocycles. The van der Waals surface area contributed by atoms with Crippen molar-refractivity contribution in [1.82, 2.24) is 5.32 Å². The Bertz CT molecular complexity index is 371. The number of carbonyl (C=O) groups excluding carboxylic acids is 1. The van der Waals surface area contributed by atoms with E-state index in [0.29, 0.717) is 0 Å². The zero-order valence-electron chi connectivity index (χ0n) is 7.76. The van der Waals surface area contributed by atoms with E-state index in [1.165, 1.54) is 25.2 Å². The second kappa shape index (κ2) is 4.93. The number of alkyl halides is 2. The zero-order chi connectivity index (χ0) is 11.4. The van der Waals surface area contributed by atoms with Gasteiger partial charge in [0.1, 0.15) is 5.75 Å². The molecule has 1 amide bonds. The van der Waals surface area contributed by atoms with Gasteiger partial charge < -0.3 is 10.1 Å². The first-order valence-electron chi connectivity index (χ1n) is 4.01. The molecule has 0 saturated carbocycles. The highest BCUT2D eigenvalue weighted by Gasteiger charge is 2.11. The van der Waals surface area contributed by atoms with Gasteiger partial charge >= 0.3 is 6.61 Å². The second-order valence-electron chi connectivity index (χ2n) is 2.60. The van der Waals surface area contributed by atoms with Crippen molar-refractivity contribution in [2.75, 3.05) is 7.05 Å². The van der Waals surface area contributed by atoms with Crippen molar-refractivity contribution in [3.05, 3.63) is 28.8 Å². The van der Waals surface area contributed by atoms with E-state index >= 15 is 0 Å². The predicted molar refractivity (Wildman–Crippen MR) is 51.5 cm³/mol. The molecule has 0 spiro atoms. The van der Waals surface area contributed by atoms with Gasteiger partial charge in [-0.3, -0.25) is 4.79 Å². The van der Waals surface area contributed by atoms with Crippen molar-refractivity contribution in [2.24, 2.45) is 0 Å². The van der Waals surface area contributed by atoms with E-state index in [1.54, 1.807) is 0 Å². The molecule has 0 aromatic heterocycles. The number of benzene rings is 1. The number of halogens is 3. The van der Waals surface area contributed by atoms with Crippen LogP contribution in [0.15, 0.2) is 18.2 Å². The van der Waals surface area contributed by atoms with Gasteiger partial charge in [-0.15, -0.1) is 0 Å². The molecule has 1 N–H and O–H groups in total. The lowest BCUT2D eigenvalue weighted by molar-refractivity contribution is -0.0497. The van der Waals surface area contributed by atoms with Crippen LogP contribution in [0, 0.1) is 0 Å². The fourth-order valence-electron chi connectivity index (χ4n) is 0.978. The third-order valence-electron chi connectivity index (χ3n) is 1.64. The minimum absolute atomic E-state index is 0.0311. The zero-order valence-corrected chi connectivity index (χ0v) is 8.52. The topological polar surface area (TPSA) is 38.3 Å². The Kier molecular flexibility index (Phi) is 3.85. The maximum atomic E-state index is 11.9. The Hall–Kier alpha value is -1.36. The summed E-state index contributed by atoms with van der Waals surface area (Å²) in [7, 11) is 1.46. The third-order valence-corrected chi connectivity index (χ3v) is 1.93. The van der Waals surface area contributed by atoms with Crippen LogP contribution in [-0.2, 0) is 0 Å². The Morgan fingerprint density at radius 3 is 2.67 bits per heavy atom. The summed E-state index contributed by atoms with van der Waals surface area (Å²) in [5, 5.41) is 2.35. The van der Waals surface area contributed by atoms with E-state index in [0.717, 1.165) is 0 Å². The average molecular weight is 236 g/mol. The molecule has 0 radical (unpaired) electrons. The molecule has 0 aliphatic rings. The first-order chi connectivity index (χ1) is 7.04. The lowest BCUT2D eigenvalue weighted by Gasteiger charge is -2.07. The van der Waals surface area contributed by atoms with Crippen LogP contribution in [0.4, 0.5) is 8.78 Å². The summed E-state index contributed by atoms with van der Waals surface area (Å²) in [6.07, 6.45) is 0. The van der Waals surface area contributed by atoms with Crippen LogP contribution in [0.2, 0.25) is 5.02 Å². The van der Waals surface area contributed by atoms with Crippen molar-refractivity contribution in [2.45, 2.75) is 6.61 Å². The van der Waals surface area contributed by atoms with Crippen molar-refractivity contribution < 1.29 is 18.3 Å². The van der Waals surface area contributed by atoms with Gasteiger partial charge in [0.25, 0.3) is 5.91 Å². The number of ether oxygens (including phenoxy) is 1. The molecule has 3 nitrogen and oxygen atoms in total. The molecule has 82 valence electrons. The standard InChI is InChI=1S/C9H8ClF2NO2/c1-13-8(14)5-2-3-7(6(10)4-5)15-9(11)12/h2-4,9H,1H3,(H,13,14). The summed E-state index contributed by atoms with van der Waals surface area (Å²) >= 11 is 5.64. The monoisotopic (exact) mass is 235 g/mol. The normalized spacial score (nSPS) is 10.2. The molecule has 1 aromatic rings. The highest BCUT2D eigenvalue weighted by molar-refractivity contribution is 6.32. The molecular formula is C9H8ClF2NO2. The van der Waals surface area contributed by atoms with Gasteiger partial charge in [-0.2, -0.15) is 8.78 Å². The van der Waals surface area contributed by atoms with Crippen LogP contribution in [0.3, 0.4) is 0 Å². The fraction of sp³-hybridized carbons (Fsp3) is 0.222. The minimum atomic E-state index is -2.94. The van der Waals surface area contributed by atoms with E-state index < -0.39 is 6.61 Å². The molecule has 6 heteroatoms. The lowest BCUT2D eigenvalue weighted by Crippen LogP contribution is -2.17. The van der Waals surface area contributed by atoms with Crippen LogP contribution in [0.1, 0.15) is 10.4 Å². The molecule has 1 aromatic carbocycles. The molecule has 0 bridgehead atoms. The smallest absolute Gasteiger partial charge is 0.387 e. The number of nitrogens with one attached hydrogen (secondary N) is 1. The fourth-order valence-corrected chi connectivity index (χ4v) is 1.20. The molecule has 0 unspecified atom stereocenters. The van der Waals surface area contributed by atoms with Crippen LogP contribution >= 0.6 is 11.6 Å². The van der Waals surface area contributed by atoms with Crippen molar-refractivity contribution >= 4 is 17.5 Å². The van der Waals surface area contributed by atoms with E-state index in [4.69, 9.17) is 11.6 Å². The van der Waals surface area contributed by atoms with Crippen LogP contribution in [0.25, 0.3) is 0 Å². The van der Waals surface area contributed by atoms with Crippen molar-refractivity contribution in [1.29, 1.82) is 0 Å². The van der Waals surface area contributed by atoms with Crippen molar-refractivity contribution in [3.63, 3.8) is 0 Å². The predicted octanol–water partition coefficient (Wildman–Crippen LogP) is 2.30. The summed E-state index contributed by atoms with van der Waals surface area (Å²) in [5.74, 6) is -0.500. The molecule has 0 heterocycles. The van der Waals surface area contributed by atoms with Gasteiger partial charge in [0, 0.05) is 12.6 Å². The largest absolute Gasteiger partial charge is 0.433 e. The van der Waals surface area contributed by atoms with Gasteiger partial charge in [-0.1, -0.05) is 11.6 Å². The Balaban J connectivity index is 2.93. The van der Waals surface area contributed by atoms with Crippen molar-refractivity contribution in [3.8, 4) is 5.75 Å². The van der Waals surface area contributed by atoms with E-state index in [1.807, 2.05) is 0 Å². The lowest BCUT2D eigenvalue weighted by atomic mass is 10.2.